The molecule has 1 aliphatic carbocycles. The zero-order valence-corrected chi connectivity index (χ0v) is 13.1. The molecule has 2 N–H and O–H groups in total. The van der Waals surface area contributed by atoms with E-state index in [4.69, 9.17) is 23.2 Å². The van der Waals surface area contributed by atoms with Gasteiger partial charge in [0.1, 0.15) is 5.54 Å². The van der Waals surface area contributed by atoms with Crippen LogP contribution in [0.3, 0.4) is 0 Å². The van der Waals surface area contributed by atoms with Crippen LogP contribution in [-0.4, -0.2) is 11.6 Å². The highest BCUT2D eigenvalue weighted by molar-refractivity contribution is 6.35. The van der Waals surface area contributed by atoms with Crippen LogP contribution in [0.15, 0.2) is 18.2 Å². The van der Waals surface area contributed by atoms with Crippen molar-refractivity contribution in [2.75, 3.05) is 5.32 Å². The summed E-state index contributed by atoms with van der Waals surface area (Å²) in [5, 5.41) is 15.8. The minimum Gasteiger partial charge on any atom is -0.319 e. The van der Waals surface area contributed by atoms with Crippen LogP contribution < -0.4 is 10.6 Å². The lowest BCUT2D eigenvalue weighted by atomic mass is 9.92. The summed E-state index contributed by atoms with van der Waals surface area (Å²) in [5.41, 5.74) is -0.269. The van der Waals surface area contributed by atoms with Gasteiger partial charge in [0.25, 0.3) is 0 Å². The average Bonchev–Trinajstić information content (AvgIpc) is 2.63. The Labute approximate surface area is 134 Å². The first-order valence-electron chi connectivity index (χ1n) is 6.99. The van der Waals surface area contributed by atoms with Gasteiger partial charge in [0, 0.05) is 15.7 Å². The smallest absolute Gasteiger partial charge is 0.319 e. The van der Waals surface area contributed by atoms with Crippen LogP contribution >= 0.6 is 23.2 Å². The second-order valence-electron chi connectivity index (χ2n) is 5.35. The number of anilines is 1. The van der Waals surface area contributed by atoms with Gasteiger partial charge in [-0.1, -0.05) is 48.9 Å². The van der Waals surface area contributed by atoms with E-state index in [2.05, 4.69) is 16.7 Å². The summed E-state index contributed by atoms with van der Waals surface area (Å²) in [6.07, 6.45) is 5.50. The zero-order valence-electron chi connectivity index (χ0n) is 11.6. The minimum atomic E-state index is -0.775. The average molecular weight is 326 g/mol. The van der Waals surface area contributed by atoms with E-state index in [0.29, 0.717) is 28.6 Å². The summed E-state index contributed by atoms with van der Waals surface area (Å²) in [6, 6.07) is 6.68. The van der Waals surface area contributed by atoms with Crippen LogP contribution in [0.2, 0.25) is 10.0 Å². The standard InChI is InChI=1S/C15H17Cl2N3O/c16-11-7-12(17)9-13(8-11)19-14(21)20-15(10-18)5-3-1-2-4-6-15/h7-9H,1-6H2,(H2,19,20,21). The Kier molecular flexibility index (Phi) is 5.33. The number of nitrogens with zero attached hydrogens (tertiary/aromatic N) is 1. The van der Waals surface area contributed by atoms with Crippen LogP contribution in [0.25, 0.3) is 0 Å². The van der Waals surface area contributed by atoms with Crippen LogP contribution in [0.4, 0.5) is 10.5 Å². The van der Waals surface area contributed by atoms with Crippen molar-refractivity contribution in [1.82, 2.24) is 5.32 Å². The van der Waals surface area contributed by atoms with Crippen molar-refractivity contribution < 1.29 is 4.79 Å². The van der Waals surface area contributed by atoms with Gasteiger partial charge >= 0.3 is 6.03 Å². The molecule has 0 unspecified atom stereocenters. The van der Waals surface area contributed by atoms with E-state index in [1.165, 1.54) is 0 Å². The molecule has 0 atom stereocenters. The Morgan fingerprint density at radius 2 is 1.67 bits per heavy atom. The van der Waals surface area contributed by atoms with Crippen LogP contribution in [-0.2, 0) is 0 Å². The molecule has 2 amide bonds. The summed E-state index contributed by atoms with van der Waals surface area (Å²) < 4.78 is 0. The molecule has 1 aromatic carbocycles. The fraction of sp³-hybridized carbons (Fsp3) is 0.467. The Morgan fingerprint density at radius 1 is 1.10 bits per heavy atom. The third-order valence-corrected chi connectivity index (χ3v) is 4.08. The van der Waals surface area contributed by atoms with Gasteiger partial charge in [-0.2, -0.15) is 5.26 Å². The fourth-order valence-corrected chi connectivity index (χ4v) is 3.13. The number of carbonyl (C=O) groups excluding carboxylic acids is 1. The molecule has 1 aromatic rings. The first-order chi connectivity index (χ1) is 10.0. The lowest BCUT2D eigenvalue weighted by Crippen LogP contribution is -2.48. The van der Waals surface area contributed by atoms with Crippen LogP contribution in [0.1, 0.15) is 38.5 Å². The molecule has 1 aliphatic rings. The molecule has 21 heavy (non-hydrogen) atoms. The summed E-state index contributed by atoms with van der Waals surface area (Å²) in [5.74, 6) is 0. The molecule has 0 radical (unpaired) electrons. The van der Waals surface area contributed by atoms with Crippen molar-refractivity contribution in [3.8, 4) is 6.07 Å². The lowest BCUT2D eigenvalue weighted by molar-refractivity contribution is 0.240. The van der Waals surface area contributed by atoms with Crippen molar-refractivity contribution in [3.63, 3.8) is 0 Å². The molecule has 112 valence electrons. The van der Waals surface area contributed by atoms with Gasteiger partial charge in [0.2, 0.25) is 0 Å². The van der Waals surface area contributed by atoms with Gasteiger partial charge in [0.05, 0.1) is 6.07 Å². The van der Waals surface area contributed by atoms with E-state index in [9.17, 15) is 10.1 Å². The minimum absolute atomic E-state index is 0.406. The van der Waals surface area contributed by atoms with Crippen molar-refractivity contribution in [3.05, 3.63) is 28.2 Å². The maximum atomic E-state index is 12.1. The maximum Gasteiger partial charge on any atom is 0.320 e. The summed E-state index contributed by atoms with van der Waals surface area (Å²) >= 11 is 11.8. The largest absolute Gasteiger partial charge is 0.320 e. The first kappa shape index (κ1) is 15.9. The molecule has 0 spiro atoms. The molecule has 1 fully saturated rings. The highest BCUT2D eigenvalue weighted by atomic mass is 35.5. The SMILES string of the molecule is N#CC1(NC(=O)Nc2cc(Cl)cc(Cl)c2)CCCCCC1. The molecule has 0 aliphatic heterocycles. The quantitative estimate of drug-likeness (QED) is 0.772. The third kappa shape index (κ3) is 4.52. The van der Waals surface area contributed by atoms with Crippen molar-refractivity contribution in [2.45, 2.75) is 44.1 Å². The molecule has 0 heterocycles. The fourth-order valence-electron chi connectivity index (χ4n) is 2.60. The number of rotatable bonds is 2. The number of hydrogen-bond donors (Lipinski definition) is 2. The second kappa shape index (κ2) is 7.02. The normalized spacial score (nSPS) is 17.4. The number of urea groups is 1. The summed E-state index contributed by atoms with van der Waals surface area (Å²) in [7, 11) is 0. The summed E-state index contributed by atoms with van der Waals surface area (Å²) in [4.78, 5) is 12.1. The van der Waals surface area contributed by atoms with Crippen molar-refractivity contribution >= 4 is 34.9 Å². The highest BCUT2D eigenvalue weighted by Crippen LogP contribution is 2.27. The zero-order chi connectivity index (χ0) is 15.3. The molecule has 0 aromatic heterocycles. The monoisotopic (exact) mass is 325 g/mol. The molecule has 2 rings (SSSR count). The van der Waals surface area contributed by atoms with Gasteiger partial charge in [-0.05, 0) is 31.0 Å². The number of hydrogen-bond acceptors (Lipinski definition) is 2. The second-order valence-corrected chi connectivity index (χ2v) is 6.22. The number of amides is 2. The molecular formula is C15H17Cl2N3O. The van der Waals surface area contributed by atoms with Gasteiger partial charge in [-0.3, -0.25) is 0 Å². The number of halogens is 2. The highest BCUT2D eigenvalue weighted by Gasteiger charge is 2.32. The Balaban J connectivity index is 2.04. The topological polar surface area (TPSA) is 64.9 Å². The van der Waals surface area contributed by atoms with E-state index in [1.54, 1.807) is 18.2 Å². The predicted octanol–water partition coefficient (Wildman–Crippen LogP) is 4.73. The van der Waals surface area contributed by atoms with Gasteiger partial charge in [-0.15, -0.1) is 0 Å². The lowest BCUT2D eigenvalue weighted by Gasteiger charge is -2.26. The Hall–Kier alpha value is -1.44. The van der Waals surface area contributed by atoms with Crippen molar-refractivity contribution in [1.29, 1.82) is 5.26 Å². The van der Waals surface area contributed by atoms with E-state index >= 15 is 0 Å². The van der Waals surface area contributed by atoms with E-state index in [-0.39, 0.29) is 0 Å². The third-order valence-electron chi connectivity index (χ3n) is 3.64. The Bertz CT molecular complexity index is 540. The molecular weight excluding hydrogens is 309 g/mol. The Morgan fingerprint density at radius 3 is 2.19 bits per heavy atom. The van der Waals surface area contributed by atoms with E-state index < -0.39 is 11.6 Å². The van der Waals surface area contributed by atoms with Crippen LogP contribution in [0.5, 0.6) is 0 Å². The number of benzene rings is 1. The maximum absolute atomic E-state index is 12.1. The molecule has 0 bridgehead atoms. The van der Waals surface area contributed by atoms with Crippen molar-refractivity contribution in [2.24, 2.45) is 0 Å². The van der Waals surface area contributed by atoms with Gasteiger partial charge in [-0.25, -0.2) is 4.79 Å². The molecule has 1 saturated carbocycles. The molecule has 0 saturated heterocycles. The van der Waals surface area contributed by atoms with Crippen LogP contribution in [0, 0.1) is 11.3 Å². The number of nitriles is 1. The first-order valence-corrected chi connectivity index (χ1v) is 7.75. The van der Waals surface area contributed by atoms with E-state index in [1.807, 2.05) is 0 Å². The molecule has 4 nitrogen and oxygen atoms in total. The summed E-state index contributed by atoms with van der Waals surface area (Å²) in [6.45, 7) is 0. The van der Waals surface area contributed by atoms with E-state index in [0.717, 1.165) is 25.7 Å². The molecule has 6 heteroatoms. The number of carbonyl (C=O) groups is 1. The van der Waals surface area contributed by atoms with Gasteiger partial charge in [0.15, 0.2) is 0 Å². The number of nitrogens with one attached hydrogen (secondary N) is 2. The predicted molar refractivity (Wildman–Crippen MR) is 84.7 cm³/mol. The van der Waals surface area contributed by atoms with Gasteiger partial charge < -0.3 is 10.6 Å².